The van der Waals surface area contributed by atoms with Gasteiger partial charge in [-0.15, -0.1) is 0 Å². The van der Waals surface area contributed by atoms with Crippen LogP contribution in [0.5, 0.6) is 0 Å². The molecule has 0 amide bonds. The lowest BCUT2D eigenvalue weighted by Crippen LogP contribution is -2.76. The van der Waals surface area contributed by atoms with E-state index in [0.29, 0.717) is 24.0 Å². The molecule has 1 aromatic rings. The van der Waals surface area contributed by atoms with Crippen LogP contribution in [0.4, 0.5) is 0 Å². The molecule has 2 bridgehead atoms. The van der Waals surface area contributed by atoms with Crippen LogP contribution < -0.4 is 0 Å². The van der Waals surface area contributed by atoms with E-state index in [9.17, 15) is 9.59 Å². The van der Waals surface area contributed by atoms with Gasteiger partial charge in [0, 0.05) is 18.8 Å². The fourth-order valence-corrected chi connectivity index (χ4v) is 8.94. The van der Waals surface area contributed by atoms with E-state index in [-0.39, 0.29) is 46.8 Å². The van der Waals surface area contributed by atoms with Gasteiger partial charge in [-0.2, -0.15) is 0 Å². The van der Waals surface area contributed by atoms with Crippen LogP contribution in [0, 0.1) is 34.5 Å². The fourth-order valence-electron chi connectivity index (χ4n) is 8.94. The van der Waals surface area contributed by atoms with Crippen molar-refractivity contribution in [3.63, 3.8) is 0 Å². The number of carbonyl (C=O) groups excluding carboxylic acids is 2. The molecular weight excluding hydrogens is 476 g/mol. The molecule has 1 saturated heterocycles. The molecule has 38 heavy (non-hydrogen) atoms. The zero-order chi connectivity index (χ0) is 28.0. The summed E-state index contributed by atoms with van der Waals surface area (Å²) in [4.78, 5) is 26.1. The van der Waals surface area contributed by atoms with Gasteiger partial charge in [-0.25, -0.2) is 4.79 Å². The third-order valence-corrected chi connectivity index (χ3v) is 10.4. The Morgan fingerprint density at radius 3 is 2.29 bits per heavy atom. The highest BCUT2D eigenvalue weighted by molar-refractivity contribution is 5.89. The molecule has 0 radical (unpaired) electrons. The van der Waals surface area contributed by atoms with Crippen molar-refractivity contribution in [1.29, 1.82) is 0 Å². The number of hydrogen-bond donors (Lipinski definition) is 0. The van der Waals surface area contributed by atoms with Gasteiger partial charge >= 0.3 is 11.9 Å². The van der Waals surface area contributed by atoms with Gasteiger partial charge in [0.05, 0.1) is 12.2 Å². The van der Waals surface area contributed by atoms with Crippen molar-refractivity contribution >= 4 is 11.9 Å². The third kappa shape index (κ3) is 4.43. The largest absolute Gasteiger partial charge is 0.458 e. The number of hydrogen-bond acceptors (Lipinski definition) is 5. The summed E-state index contributed by atoms with van der Waals surface area (Å²) < 4.78 is 19.0. The lowest BCUT2D eigenvalue weighted by atomic mass is 9.44. The van der Waals surface area contributed by atoms with Gasteiger partial charge in [0.25, 0.3) is 0 Å². The molecule has 3 fully saturated rings. The number of esters is 2. The predicted octanol–water partition coefficient (Wildman–Crippen LogP) is 7.39. The number of rotatable bonds is 3. The summed E-state index contributed by atoms with van der Waals surface area (Å²) in [6.07, 6.45) is 3.22. The molecule has 5 rings (SSSR count). The van der Waals surface area contributed by atoms with Crippen LogP contribution in [-0.2, 0) is 19.0 Å². The number of benzene rings is 1. The highest BCUT2D eigenvalue weighted by Gasteiger charge is 2.71. The molecule has 8 atom stereocenters. The normalized spacial score (nSPS) is 39.1. The second-order valence-corrected chi connectivity index (χ2v) is 12.9. The minimum absolute atomic E-state index is 0.120. The van der Waals surface area contributed by atoms with Crippen molar-refractivity contribution in [2.75, 3.05) is 6.61 Å². The molecule has 3 aliphatic carbocycles. The van der Waals surface area contributed by atoms with E-state index in [4.69, 9.17) is 14.2 Å². The van der Waals surface area contributed by atoms with Gasteiger partial charge in [-0.3, -0.25) is 4.79 Å². The Hall–Kier alpha value is -2.14. The molecule has 1 heterocycles. The Balaban J connectivity index is 0.00000164. The molecule has 5 heteroatoms. The van der Waals surface area contributed by atoms with Crippen molar-refractivity contribution in [2.45, 2.75) is 106 Å². The Kier molecular flexibility index (Phi) is 7.93. The monoisotopic (exact) mass is 524 g/mol. The number of allylic oxidation sites excluding steroid dienone is 2. The zero-order valence-corrected chi connectivity index (χ0v) is 24.9. The van der Waals surface area contributed by atoms with Gasteiger partial charge in [0.2, 0.25) is 0 Å². The summed E-state index contributed by atoms with van der Waals surface area (Å²) in [5.74, 6) is 0.122. The summed E-state index contributed by atoms with van der Waals surface area (Å²) in [6, 6.07) is 9.27. The Morgan fingerprint density at radius 2 is 1.71 bits per heavy atom. The molecule has 4 aliphatic rings. The van der Waals surface area contributed by atoms with E-state index in [0.717, 1.165) is 25.7 Å². The van der Waals surface area contributed by atoms with Crippen LogP contribution in [0.3, 0.4) is 0 Å². The summed E-state index contributed by atoms with van der Waals surface area (Å²) in [7, 11) is 0. The molecule has 5 unspecified atom stereocenters. The first-order chi connectivity index (χ1) is 17.9. The predicted molar refractivity (Wildman–Crippen MR) is 150 cm³/mol. The summed E-state index contributed by atoms with van der Waals surface area (Å²) in [6.45, 7) is 19.8. The van der Waals surface area contributed by atoms with Crippen molar-refractivity contribution in [2.24, 2.45) is 34.5 Å². The first-order valence-electron chi connectivity index (χ1n) is 14.7. The molecular formula is C33H48O5. The Morgan fingerprint density at radius 1 is 1.05 bits per heavy atom. The summed E-state index contributed by atoms with van der Waals surface area (Å²) in [5, 5.41) is 0. The first-order valence-corrected chi connectivity index (χ1v) is 14.7. The maximum Gasteiger partial charge on any atom is 0.338 e. The van der Waals surface area contributed by atoms with E-state index >= 15 is 0 Å². The Labute approximate surface area is 229 Å². The van der Waals surface area contributed by atoms with Gasteiger partial charge < -0.3 is 14.2 Å². The lowest BCUT2D eigenvalue weighted by molar-refractivity contribution is -0.335. The lowest BCUT2D eigenvalue weighted by Gasteiger charge is -2.67. The van der Waals surface area contributed by atoms with Crippen LogP contribution >= 0.6 is 0 Å². The van der Waals surface area contributed by atoms with Crippen LogP contribution in [0.25, 0.3) is 0 Å². The van der Waals surface area contributed by atoms with Crippen LogP contribution in [0.2, 0.25) is 0 Å². The highest BCUT2D eigenvalue weighted by Crippen LogP contribution is 2.66. The van der Waals surface area contributed by atoms with Crippen LogP contribution in [-0.4, -0.2) is 36.4 Å². The SMILES string of the molecule is CC.CC(=O)OC12CO[C@@H]1CC(C)C1(C)C[C@@H](C)C3=C(C)CCC([C@@H](OC(=O)c4ccccc4)C12)C3(C)C. The minimum Gasteiger partial charge on any atom is -0.458 e. The minimum atomic E-state index is -0.766. The third-order valence-electron chi connectivity index (χ3n) is 10.4. The topological polar surface area (TPSA) is 61.8 Å². The van der Waals surface area contributed by atoms with E-state index in [1.54, 1.807) is 0 Å². The molecule has 0 aromatic heterocycles. The zero-order valence-electron chi connectivity index (χ0n) is 24.9. The van der Waals surface area contributed by atoms with Gasteiger partial charge in [-0.05, 0) is 67.4 Å². The molecule has 210 valence electrons. The van der Waals surface area contributed by atoms with E-state index < -0.39 is 5.60 Å². The summed E-state index contributed by atoms with van der Waals surface area (Å²) in [5.41, 5.74) is 2.49. The maximum atomic E-state index is 13.6. The molecule has 0 spiro atoms. The van der Waals surface area contributed by atoms with Gasteiger partial charge in [-0.1, -0.05) is 77.8 Å². The van der Waals surface area contributed by atoms with Crippen molar-refractivity contribution in [1.82, 2.24) is 0 Å². The molecule has 5 nitrogen and oxygen atoms in total. The summed E-state index contributed by atoms with van der Waals surface area (Å²) >= 11 is 0. The maximum absolute atomic E-state index is 13.6. The van der Waals surface area contributed by atoms with Crippen molar-refractivity contribution < 1.29 is 23.8 Å². The second kappa shape index (κ2) is 10.4. The smallest absolute Gasteiger partial charge is 0.338 e. The number of ether oxygens (including phenoxy) is 3. The van der Waals surface area contributed by atoms with Crippen molar-refractivity contribution in [3.8, 4) is 0 Å². The highest BCUT2D eigenvalue weighted by atomic mass is 16.6. The first kappa shape index (κ1) is 28.9. The number of fused-ring (bicyclic) bond motifs is 5. The quantitative estimate of drug-likeness (QED) is 0.305. The van der Waals surface area contributed by atoms with Crippen LogP contribution in [0.1, 0.15) is 98.4 Å². The average molecular weight is 525 g/mol. The van der Waals surface area contributed by atoms with Gasteiger partial charge in [0.1, 0.15) is 12.2 Å². The Bertz CT molecular complexity index is 1070. The van der Waals surface area contributed by atoms with E-state index in [1.165, 1.54) is 18.1 Å². The fraction of sp³-hybridized carbons (Fsp3) is 0.697. The van der Waals surface area contributed by atoms with E-state index in [2.05, 4.69) is 41.5 Å². The second-order valence-electron chi connectivity index (χ2n) is 12.9. The standard InChI is InChI=1S/C31H42O5.C2H6/c1-18-13-14-23-26(35-28(33)22-11-9-8-10-12-22)27-30(7,16-19(2)25(18)29(23,5)6)20(3)15-24-31(27,17-34-24)36-21(4)32;1-2/h8-12,19-20,23-24,26-27H,13-17H2,1-7H3;1-2H3/t19-,20?,23?,24-,26-,27?,30?,31?;/m1./s1. The van der Waals surface area contributed by atoms with Crippen LogP contribution in [0.15, 0.2) is 41.5 Å². The molecule has 2 saturated carbocycles. The molecule has 1 aromatic carbocycles. The molecule has 0 N–H and O–H groups in total. The van der Waals surface area contributed by atoms with Crippen molar-refractivity contribution in [3.05, 3.63) is 47.0 Å². The molecule has 1 aliphatic heterocycles. The number of carbonyl (C=O) groups is 2. The van der Waals surface area contributed by atoms with Gasteiger partial charge in [0.15, 0.2) is 5.60 Å². The van der Waals surface area contributed by atoms with E-state index in [1.807, 2.05) is 44.2 Å². The average Bonchev–Trinajstić information content (AvgIpc) is 2.85.